The van der Waals surface area contributed by atoms with E-state index in [2.05, 4.69) is 5.32 Å². The quantitative estimate of drug-likeness (QED) is 0.754. The van der Waals surface area contributed by atoms with Gasteiger partial charge in [0.2, 0.25) is 5.91 Å². The third-order valence-corrected chi connectivity index (χ3v) is 4.90. The molecule has 1 aliphatic heterocycles. The van der Waals surface area contributed by atoms with Gasteiger partial charge in [-0.15, -0.1) is 0 Å². The summed E-state index contributed by atoms with van der Waals surface area (Å²) in [5.41, 5.74) is 1.45. The van der Waals surface area contributed by atoms with Crippen LogP contribution in [-0.2, 0) is 16.1 Å². The number of carbonyl (C=O) groups excluding carboxylic acids is 3. The average Bonchev–Trinajstić information content (AvgIpc) is 2.96. The lowest BCUT2D eigenvalue weighted by Crippen LogP contribution is -2.39. The number of methoxy groups -OCH3 is 1. The second-order valence-electron chi connectivity index (χ2n) is 5.94. The van der Waals surface area contributed by atoms with Crippen LogP contribution in [0.5, 0.6) is 5.75 Å². The van der Waals surface area contributed by atoms with Crippen molar-refractivity contribution in [2.75, 3.05) is 13.7 Å². The van der Waals surface area contributed by atoms with Gasteiger partial charge in [-0.2, -0.15) is 0 Å². The van der Waals surface area contributed by atoms with E-state index in [4.69, 9.17) is 4.74 Å². The highest BCUT2D eigenvalue weighted by Gasteiger charge is 2.36. The van der Waals surface area contributed by atoms with Crippen LogP contribution in [-0.4, -0.2) is 35.6 Å². The van der Waals surface area contributed by atoms with E-state index in [0.717, 1.165) is 22.2 Å². The van der Waals surface area contributed by atoms with Crippen molar-refractivity contribution >= 4 is 34.9 Å². The van der Waals surface area contributed by atoms with Gasteiger partial charge in [-0.05, 0) is 53.2 Å². The van der Waals surface area contributed by atoms with Gasteiger partial charge in [-0.3, -0.25) is 19.3 Å². The van der Waals surface area contributed by atoms with Crippen LogP contribution in [0.25, 0.3) is 6.08 Å². The minimum atomic E-state index is -0.543. The average molecular weight is 400 g/mol. The number of halogens is 1. The van der Waals surface area contributed by atoms with Gasteiger partial charge in [-0.1, -0.05) is 24.3 Å². The second-order valence-corrected chi connectivity index (χ2v) is 6.94. The molecule has 0 aliphatic carbocycles. The van der Waals surface area contributed by atoms with Gasteiger partial charge >= 0.3 is 0 Å². The Balaban J connectivity index is 1.58. The molecule has 1 N–H and O–H groups in total. The minimum Gasteiger partial charge on any atom is -0.497 e. The summed E-state index contributed by atoms with van der Waals surface area (Å²) in [6.07, 6.45) is 1.50. The van der Waals surface area contributed by atoms with Crippen molar-refractivity contribution in [1.82, 2.24) is 10.2 Å². The number of thioether (sulfide) groups is 1. The maximum Gasteiger partial charge on any atom is 0.294 e. The van der Waals surface area contributed by atoms with E-state index in [0.29, 0.717) is 11.3 Å². The van der Waals surface area contributed by atoms with E-state index < -0.39 is 22.9 Å². The molecule has 1 heterocycles. The van der Waals surface area contributed by atoms with Crippen LogP contribution in [0.4, 0.5) is 9.18 Å². The summed E-state index contributed by atoms with van der Waals surface area (Å²) in [5.74, 6) is -0.667. The predicted molar refractivity (Wildman–Crippen MR) is 104 cm³/mol. The molecule has 1 fully saturated rings. The van der Waals surface area contributed by atoms with Crippen molar-refractivity contribution in [3.8, 4) is 5.75 Å². The van der Waals surface area contributed by atoms with E-state index in [-0.39, 0.29) is 18.0 Å². The highest BCUT2D eigenvalue weighted by Crippen LogP contribution is 2.32. The molecule has 144 valence electrons. The van der Waals surface area contributed by atoms with Gasteiger partial charge < -0.3 is 10.1 Å². The summed E-state index contributed by atoms with van der Waals surface area (Å²) >= 11 is 0.752. The number of benzene rings is 2. The first-order valence-corrected chi connectivity index (χ1v) is 9.18. The molecule has 0 unspecified atom stereocenters. The van der Waals surface area contributed by atoms with E-state index in [9.17, 15) is 18.8 Å². The Morgan fingerprint density at radius 1 is 1.14 bits per heavy atom. The zero-order chi connectivity index (χ0) is 20.1. The van der Waals surface area contributed by atoms with E-state index in [1.54, 1.807) is 19.2 Å². The Bertz CT molecular complexity index is 926. The molecule has 1 aliphatic rings. The number of nitrogens with zero attached hydrogens (tertiary/aromatic N) is 1. The van der Waals surface area contributed by atoms with Crippen molar-refractivity contribution in [1.29, 1.82) is 0 Å². The Hall–Kier alpha value is -3.13. The van der Waals surface area contributed by atoms with E-state index >= 15 is 0 Å². The molecule has 0 saturated carbocycles. The molecular weight excluding hydrogens is 383 g/mol. The summed E-state index contributed by atoms with van der Waals surface area (Å²) < 4.78 is 18.0. The first-order chi connectivity index (χ1) is 13.5. The van der Waals surface area contributed by atoms with Gasteiger partial charge in [-0.25, -0.2) is 4.39 Å². The maximum atomic E-state index is 13.0. The van der Waals surface area contributed by atoms with Crippen LogP contribution in [0, 0.1) is 5.82 Å². The Kier molecular flexibility index (Phi) is 6.10. The topological polar surface area (TPSA) is 75.7 Å². The van der Waals surface area contributed by atoms with Gasteiger partial charge in [0, 0.05) is 6.54 Å². The minimum absolute atomic E-state index is 0.194. The summed E-state index contributed by atoms with van der Waals surface area (Å²) in [6.45, 7) is -0.0912. The summed E-state index contributed by atoms with van der Waals surface area (Å²) in [7, 11) is 1.57. The molecule has 28 heavy (non-hydrogen) atoms. The third kappa shape index (κ3) is 4.77. The van der Waals surface area contributed by atoms with Crippen LogP contribution in [0.3, 0.4) is 0 Å². The molecule has 8 heteroatoms. The lowest BCUT2D eigenvalue weighted by molar-refractivity contribution is -0.129. The number of carbonyl (C=O) groups is 3. The molecule has 0 radical (unpaired) electrons. The van der Waals surface area contributed by atoms with Gasteiger partial charge in [0.1, 0.15) is 18.1 Å². The lowest BCUT2D eigenvalue weighted by atomic mass is 10.2. The first-order valence-electron chi connectivity index (χ1n) is 8.37. The first kappa shape index (κ1) is 19.6. The molecule has 3 amide bonds. The van der Waals surface area contributed by atoms with Crippen molar-refractivity contribution in [2.24, 2.45) is 0 Å². The smallest absolute Gasteiger partial charge is 0.294 e. The number of hydrogen-bond acceptors (Lipinski definition) is 5. The molecule has 0 aromatic heterocycles. The fourth-order valence-corrected chi connectivity index (χ4v) is 3.33. The standard InChI is InChI=1S/C20H17FN2O4S/c1-27-16-8-4-14(5-9-16)11-22-18(24)12-23-19(25)17(28-20(23)26)10-13-2-6-15(21)7-3-13/h2-10H,11-12H2,1H3,(H,22,24)/b17-10-. The van der Waals surface area contributed by atoms with Crippen LogP contribution in [0.2, 0.25) is 0 Å². The van der Waals surface area contributed by atoms with Gasteiger partial charge in [0.05, 0.1) is 12.0 Å². The SMILES string of the molecule is COc1ccc(CNC(=O)CN2C(=O)S/C(=C\c3ccc(F)cc3)C2=O)cc1. The molecule has 6 nitrogen and oxygen atoms in total. The lowest BCUT2D eigenvalue weighted by Gasteiger charge is -2.12. The van der Waals surface area contributed by atoms with Crippen LogP contribution in [0.15, 0.2) is 53.4 Å². The van der Waals surface area contributed by atoms with Crippen LogP contribution >= 0.6 is 11.8 Å². The molecule has 0 atom stereocenters. The fourth-order valence-electron chi connectivity index (χ4n) is 2.49. The number of rotatable bonds is 6. The van der Waals surface area contributed by atoms with Gasteiger partial charge in [0.15, 0.2) is 0 Å². The molecule has 1 saturated heterocycles. The van der Waals surface area contributed by atoms with Crippen LogP contribution in [0.1, 0.15) is 11.1 Å². The largest absolute Gasteiger partial charge is 0.497 e. The predicted octanol–water partition coefficient (Wildman–Crippen LogP) is 3.19. The van der Waals surface area contributed by atoms with Gasteiger partial charge in [0.25, 0.3) is 11.1 Å². The molecule has 3 rings (SSSR count). The Morgan fingerprint density at radius 2 is 1.82 bits per heavy atom. The molecule has 0 spiro atoms. The number of ether oxygens (including phenoxy) is 1. The molecule has 0 bridgehead atoms. The van der Waals surface area contributed by atoms with E-state index in [1.807, 2.05) is 12.1 Å². The molecule has 2 aromatic carbocycles. The number of amides is 3. The fraction of sp³-hybridized carbons (Fsp3) is 0.150. The van der Waals surface area contributed by atoms with Crippen LogP contribution < -0.4 is 10.1 Å². The van der Waals surface area contributed by atoms with Crippen molar-refractivity contribution < 1.29 is 23.5 Å². The maximum absolute atomic E-state index is 13.0. The highest BCUT2D eigenvalue weighted by atomic mass is 32.2. The van der Waals surface area contributed by atoms with Crippen molar-refractivity contribution in [3.05, 3.63) is 70.4 Å². The highest BCUT2D eigenvalue weighted by molar-refractivity contribution is 8.18. The van der Waals surface area contributed by atoms with Crippen molar-refractivity contribution in [3.63, 3.8) is 0 Å². The summed E-state index contributed by atoms with van der Waals surface area (Å²) in [4.78, 5) is 37.7. The number of hydrogen-bond donors (Lipinski definition) is 1. The second kappa shape index (κ2) is 8.71. The zero-order valence-corrected chi connectivity index (χ0v) is 15.8. The number of nitrogens with one attached hydrogen (secondary N) is 1. The number of imide groups is 1. The Morgan fingerprint density at radius 3 is 2.46 bits per heavy atom. The molecular formula is C20H17FN2O4S. The Labute approximate surface area is 165 Å². The van der Waals surface area contributed by atoms with E-state index in [1.165, 1.54) is 30.3 Å². The van der Waals surface area contributed by atoms with Crippen molar-refractivity contribution in [2.45, 2.75) is 6.54 Å². The normalized spacial score (nSPS) is 15.2. The summed E-state index contributed by atoms with van der Waals surface area (Å²) in [5, 5.41) is 2.16. The summed E-state index contributed by atoms with van der Waals surface area (Å²) in [6, 6.07) is 12.7. The zero-order valence-electron chi connectivity index (χ0n) is 15.0. The molecule has 2 aromatic rings. The third-order valence-electron chi connectivity index (χ3n) is 3.99. The monoisotopic (exact) mass is 400 g/mol.